The van der Waals surface area contributed by atoms with Crippen molar-refractivity contribution in [2.45, 2.75) is 36.1 Å². The van der Waals surface area contributed by atoms with E-state index in [1.807, 2.05) is 0 Å². The molecule has 0 saturated carbocycles. The van der Waals surface area contributed by atoms with Gasteiger partial charge in [-0.25, -0.2) is 8.42 Å². The third kappa shape index (κ3) is 2.21. The van der Waals surface area contributed by atoms with Gasteiger partial charge in [0.25, 0.3) is 0 Å². The average molecular weight is 338 g/mol. The van der Waals surface area contributed by atoms with E-state index in [9.17, 15) is 23.1 Å². The van der Waals surface area contributed by atoms with Crippen molar-refractivity contribution in [2.24, 2.45) is 0 Å². The number of amides is 1. The van der Waals surface area contributed by atoms with Crippen molar-refractivity contribution in [2.75, 3.05) is 0 Å². The number of carboxylic acid groups (broad SMARTS) is 1. The summed E-state index contributed by atoms with van der Waals surface area (Å²) >= 11 is 0. The summed E-state index contributed by atoms with van der Waals surface area (Å²) in [5.74, 6) is -2.07. The molecule has 0 bridgehead atoms. The zero-order valence-corrected chi connectivity index (χ0v) is 15.4. The van der Waals surface area contributed by atoms with Gasteiger partial charge in [-0.2, -0.15) is 0 Å². The number of rotatable bonds is 3. The first kappa shape index (κ1) is 17.0. The van der Waals surface area contributed by atoms with Gasteiger partial charge in [0.05, 0.1) is 31.2 Å². The van der Waals surface area contributed by atoms with E-state index in [-0.39, 0.29) is 64.4 Å². The Morgan fingerprint density at radius 3 is 2.71 bits per heavy atom. The normalized spacial score (nSPS) is 33.0. The van der Waals surface area contributed by atoms with Crippen molar-refractivity contribution >= 4 is 21.7 Å². The van der Waals surface area contributed by atoms with Gasteiger partial charge in [-0.3, -0.25) is 9.48 Å². The van der Waals surface area contributed by atoms with Crippen LogP contribution in [-0.4, -0.2) is 56.4 Å². The fraction of sp³-hybridized carbons (Fsp3) is 0.600. The Bertz CT molecular complexity index is 690. The number of carboxylic acids is 1. The quantitative estimate of drug-likeness (QED) is 0.397. The number of aromatic nitrogens is 3. The molecule has 1 amide bonds. The number of fused-ring (bicyclic) bond motifs is 1. The standard InChI is InChI=1S/C10H12N4O5S.K/c1-10(5-13-3-2-11-12-13)8(9(16)17)14-6(15)4-7(14)20(10,18)19;/h2-3,7-8H,4-5H2,1H3,(H,16,17);/q;+1/p-1/t7-,8+,10+;/m1./s1. The molecule has 9 nitrogen and oxygen atoms in total. The van der Waals surface area contributed by atoms with Gasteiger partial charge in [-0.15, -0.1) is 5.10 Å². The number of aliphatic carboxylic acids is 1. The number of carbonyl (C=O) groups excluding carboxylic acids is 2. The van der Waals surface area contributed by atoms with Gasteiger partial charge in [-0.1, -0.05) is 5.21 Å². The third-order valence-electron chi connectivity index (χ3n) is 3.98. The summed E-state index contributed by atoms with van der Waals surface area (Å²) < 4.78 is 24.6. The second-order valence-electron chi connectivity index (χ2n) is 5.14. The molecule has 3 atom stereocenters. The van der Waals surface area contributed by atoms with Crippen molar-refractivity contribution < 1.29 is 74.5 Å². The predicted octanol–water partition coefficient (Wildman–Crippen LogP) is -5.85. The molecule has 0 spiro atoms. The Morgan fingerprint density at radius 1 is 1.57 bits per heavy atom. The molecule has 11 heteroatoms. The van der Waals surface area contributed by atoms with Crippen molar-refractivity contribution in [1.29, 1.82) is 0 Å². The number of hydrogen-bond acceptors (Lipinski definition) is 7. The number of β-lactam (4-membered cyclic amide) rings is 1. The Labute approximate surface area is 163 Å². The largest absolute Gasteiger partial charge is 1.00 e. The molecule has 2 saturated heterocycles. The minimum Gasteiger partial charge on any atom is -0.548 e. The van der Waals surface area contributed by atoms with E-state index in [2.05, 4.69) is 10.3 Å². The Kier molecular flexibility index (Phi) is 4.37. The first-order valence-electron chi connectivity index (χ1n) is 5.88. The number of carbonyl (C=O) groups is 2. The summed E-state index contributed by atoms with van der Waals surface area (Å²) in [4.78, 5) is 23.8. The maximum atomic E-state index is 12.5. The Hall–Kier alpha value is -0.334. The van der Waals surface area contributed by atoms with Crippen molar-refractivity contribution in [3.05, 3.63) is 12.4 Å². The molecule has 1 aromatic heterocycles. The number of hydrogen-bond donors (Lipinski definition) is 0. The van der Waals surface area contributed by atoms with Gasteiger partial charge in [-0.05, 0) is 6.92 Å². The monoisotopic (exact) mass is 338 g/mol. The molecule has 1 aromatic rings. The van der Waals surface area contributed by atoms with Crippen LogP contribution in [0.15, 0.2) is 12.4 Å². The van der Waals surface area contributed by atoms with Crippen molar-refractivity contribution in [3.63, 3.8) is 0 Å². The summed E-state index contributed by atoms with van der Waals surface area (Å²) in [6.07, 6.45) is 2.61. The van der Waals surface area contributed by atoms with E-state index in [0.717, 1.165) is 4.90 Å². The molecular formula is C10H11KN4O5S. The molecule has 2 aliphatic heterocycles. The van der Waals surface area contributed by atoms with Crippen molar-refractivity contribution in [3.8, 4) is 0 Å². The molecule has 2 aliphatic rings. The molecular weight excluding hydrogens is 327 g/mol. The Morgan fingerprint density at radius 2 is 2.24 bits per heavy atom. The van der Waals surface area contributed by atoms with E-state index < -0.39 is 37.9 Å². The van der Waals surface area contributed by atoms with Crippen LogP contribution in [0.5, 0.6) is 0 Å². The van der Waals surface area contributed by atoms with Crippen LogP contribution in [0.2, 0.25) is 0 Å². The second kappa shape index (κ2) is 5.39. The van der Waals surface area contributed by atoms with Crippen LogP contribution < -0.4 is 56.5 Å². The van der Waals surface area contributed by atoms with Gasteiger partial charge in [0, 0.05) is 6.20 Å². The van der Waals surface area contributed by atoms with Crippen LogP contribution >= 0.6 is 0 Å². The minimum atomic E-state index is -3.84. The van der Waals surface area contributed by atoms with Gasteiger partial charge < -0.3 is 14.8 Å². The van der Waals surface area contributed by atoms with Crippen molar-refractivity contribution in [1.82, 2.24) is 19.9 Å². The molecule has 0 aliphatic carbocycles. The topological polar surface area (TPSA) is 125 Å². The van der Waals surface area contributed by atoms with Crippen LogP contribution in [0.4, 0.5) is 0 Å². The smallest absolute Gasteiger partial charge is 0.548 e. The molecule has 21 heavy (non-hydrogen) atoms. The number of nitrogens with zero attached hydrogens (tertiary/aromatic N) is 4. The zero-order chi connectivity index (χ0) is 14.7. The molecule has 108 valence electrons. The van der Waals surface area contributed by atoms with E-state index in [4.69, 9.17) is 0 Å². The fourth-order valence-electron chi connectivity index (χ4n) is 2.91. The minimum absolute atomic E-state index is 0. The van der Waals surface area contributed by atoms with Crippen LogP contribution in [-0.2, 0) is 26.0 Å². The fourth-order valence-corrected chi connectivity index (χ4v) is 5.26. The third-order valence-corrected chi connectivity index (χ3v) is 6.75. The molecule has 3 rings (SSSR count). The van der Waals surface area contributed by atoms with E-state index >= 15 is 0 Å². The van der Waals surface area contributed by atoms with Gasteiger partial charge in [0.2, 0.25) is 5.91 Å². The maximum absolute atomic E-state index is 12.5. The molecule has 2 fully saturated rings. The van der Waals surface area contributed by atoms with Crippen LogP contribution in [0.25, 0.3) is 0 Å². The summed E-state index contributed by atoms with van der Waals surface area (Å²) in [6.45, 7) is 1.10. The van der Waals surface area contributed by atoms with Gasteiger partial charge >= 0.3 is 51.4 Å². The predicted molar refractivity (Wildman–Crippen MR) is 61.4 cm³/mol. The first-order chi connectivity index (χ1) is 9.29. The van der Waals surface area contributed by atoms with Crippen LogP contribution in [0.1, 0.15) is 13.3 Å². The molecule has 3 heterocycles. The van der Waals surface area contributed by atoms with Gasteiger partial charge in [0.15, 0.2) is 9.84 Å². The zero-order valence-electron chi connectivity index (χ0n) is 11.5. The average Bonchev–Trinajstić information content (AvgIpc) is 2.87. The molecule has 0 unspecified atom stereocenters. The van der Waals surface area contributed by atoms with E-state index in [1.165, 1.54) is 24.0 Å². The molecule has 0 radical (unpaired) electrons. The van der Waals surface area contributed by atoms with Crippen LogP contribution in [0.3, 0.4) is 0 Å². The summed E-state index contributed by atoms with van der Waals surface area (Å²) in [5, 5.41) is 17.5. The first-order valence-corrected chi connectivity index (χ1v) is 7.43. The summed E-state index contributed by atoms with van der Waals surface area (Å²) in [5.41, 5.74) is 0. The Balaban J connectivity index is 0.00000161. The number of sulfone groups is 1. The summed E-state index contributed by atoms with van der Waals surface area (Å²) in [7, 11) is -3.84. The maximum Gasteiger partial charge on any atom is 1.00 e. The van der Waals surface area contributed by atoms with E-state index in [0.29, 0.717) is 0 Å². The van der Waals surface area contributed by atoms with Crippen LogP contribution in [0, 0.1) is 0 Å². The van der Waals surface area contributed by atoms with Gasteiger partial charge in [0.1, 0.15) is 10.1 Å². The second-order valence-corrected chi connectivity index (χ2v) is 7.71. The molecule has 0 aromatic carbocycles. The summed E-state index contributed by atoms with van der Waals surface area (Å²) in [6, 6.07) is -1.51. The SMILES string of the molecule is C[C@]1(Cn2ccnn2)[C@H](C(=O)[O-])N2C(=O)C[C@H]2S1(=O)=O.[K+]. The molecule has 0 N–H and O–H groups in total. The van der Waals surface area contributed by atoms with E-state index in [1.54, 1.807) is 0 Å².